The first-order valence-corrected chi connectivity index (χ1v) is 9.58. The van der Waals surface area contributed by atoms with E-state index in [2.05, 4.69) is 60.4 Å². The van der Waals surface area contributed by atoms with E-state index in [1.165, 1.54) is 31.7 Å². The van der Waals surface area contributed by atoms with Gasteiger partial charge in [0, 0.05) is 40.4 Å². The smallest absolute Gasteiger partial charge is 0.188 e. The fourth-order valence-corrected chi connectivity index (χ4v) is 4.63. The molecule has 0 amide bonds. The lowest BCUT2D eigenvalue weighted by molar-refractivity contribution is 0.0511. The Labute approximate surface area is 163 Å². The Morgan fingerprint density at radius 3 is 2.59 bits per heavy atom. The zero-order valence-corrected chi connectivity index (χ0v) is 16.2. The number of benzene rings is 3. The lowest BCUT2D eigenvalue weighted by Crippen LogP contribution is -2.29. The SMILES string of the molecule is C=c1cccc2c1=C(c1ccccc1NC)Sc1ccc(OCOC)cc1-2. The average Bonchev–Trinajstić information content (AvgIpc) is 2.71. The standard InChI is InChI=1S/C23H21NO2S/c1-15-7-6-9-17-19-13-16(26-14-25-3)11-12-21(19)27-23(22(15)17)18-8-4-5-10-20(18)24-2/h4-13,24H,1,14H2,2-3H3. The van der Waals surface area contributed by atoms with Gasteiger partial charge in [0.2, 0.25) is 0 Å². The van der Waals surface area contributed by atoms with Crippen LogP contribution in [0.5, 0.6) is 5.75 Å². The van der Waals surface area contributed by atoms with Crippen molar-refractivity contribution in [3.05, 3.63) is 76.7 Å². The molecule has 0 aliphatic carbocycles. The summed E-state index contributed by atoms with van der Waals surface area (Å²) >= 11 is 1.78. The Hall–Kier alpha value is -2.69. The van der Waals surface area contributed by atoms with E-state index in [4.69, 9.17) is 9.47 Å². The van der Waals surface area contributed by atoms with E-state index < -0.39 is 0 Å². The maximum atomic E-state index is 5.65. The van der Waals surface area contributed by atoms with Gasteiger partial charge in [0.1, 0.15) is 5.75 Å². The molecular formula is C23H21NO2S. The summed E-state index contributed by atoms with van der Waals surface area (Å²) in [6, 6.07) is 20.9. The normalized spacial score (nSPS) is 12.3. The van der Waals surface area contributed by atoms with Crippen LogP contribution in [0.3, 0.4) is 0 Å². The molecule has 3 nitrogen and oxygen atoms in total. The molecule has 1 aliphatic heterocycles. The first-order chi connectivity index (χ1) is 13.2. The second kappa shape index (κ2) is 7.51. The summed E-state index contributed by atoms with van der Waals surface area (Å²) in [5.41, 5.74) is 4.64. The Kier molecular flexibility index (Phi) is 4.92. The van der Waals surface area contributed by atoms with Crippen molar-refractivity contribution in [3.63, 3.8) is 0 Å². The van der Waals surface area contributed by atoms with E-state index in [1.807, 2.05) is 19.2 Å². The Balaban J connectivity index is 1.98. The number of hydrogen-bond acceptors (Lipinski definition) is 4. The van der Waals surface area contributed by atoms with E-state index in [-0.39, 0.29) is 6.79 Å². The predicted molar refractivity (Wildman–Crippen MR) is 114 cm³/mol. The van der Waals surface area contributed by atoms with Gasteiger partial charge < -0.3 is 14.8 Å². The van der Waals surface area contributed by atoms with Crippen LogP contribution in [0.25, 0.3) is 22.6 Å². The van der Waals surface area contributed by atoms with Crippen LogP contribution in [0, 0.1) is 0 Å². The molecule has 1 aliphatic rings. The van der Waals surface area contributed by atoms with Crippen molar-refractivity contribution < 1.29 is 9.47 Å². The molecule has 4 heteroatoms. The van der Waals surface area contributed by atoms with E-state index in [0.717, 1.165) is 16.7 Å². The summed E-state index contributed by atoms with van der Waals surface area (Å²) in [5, 5.41) is 5.52. The maximum Gasteiger partial charge on any atom is 0.188 e. The Bertz CT molecular complexity index is 1110. The number of rotatable bonds is 5. The molecule has 0 saturated carbocycles. The van der Waals surface area contributed by atoms with Gasteiger partial charge in [-0.3, -0.25) is 0 Å². The van der Waals surface area contributed by atoms with Gasteiger partial charge in [-0.2, -0.15) is 0 Å². The third kappa shape index (κ3) is 3.22. The van der Waals surface area contributed by atoms with Gasteiger partial charge in [0.25, 0.3) is 0 Å². The minimum Gasteiger partial charge on any atom is -0.468 e. The summed E-state index contributed by atoms with van der Waals surface area (Å²) in [6.07, 6.45) is 0. The van der Waals surface area contributed by atoms with Crippen molar-refractivity contribution in [1.82, 2.24) is 0 Å². The molecule has 0 spiro atoms. The molecule has 3 aromatic carbocycles. The second-order valence-electron chi connectivity index (χ2n) is 6.28. The van der Waals surface area contributed by atoms with Gasteiger partial charge in [-0.25, -0.2) is 0 Å². The highest BCUT2D eigenvalue weighted by Crippen LogP contribution is 2.44. The number of nitrogens with one attached hydrogen (secondary N) is 1. The average molecular weight is 375 g/mol. The van der Waals surface area contributed by atoms with Crippen molar-refractivity contribution in [1.29, 1.82) is 0 Å². The quantitative estimate of drug-likeness (QED) is 0.682. The summed E-state index contributed by atoms with van der Waals surface area (Å²) in [5.74, 6) is 0.802. The molecule has 4 rings (SSSR count). The highest BCUT2D eigenvalue weighted by molar-refractivity contribution is 8.08. The zero-order chi connectivity index (χ0) is 18.8. The molecule has 0 fully saturated rings. The number of hydrogen-bond donors (Lipinski definition) is 1. The van der Waals surface area contributed by atoms with E-state index in [9.17, 15) is 0 Å². The van der Waals surface area contributed by atoms with Crippen LogP contribution < -0.4 is 20.5 Å². The molecule has 1 N–H and O–H groups in total. The molecule has 0 atom stereocenters. The van der Waals surface area contributed by atoms with E-state index in [1.54, 1.807) is 18.9 Å². The number of ether oxygens (including phenoxy) is 2. The molecule has 0 unspecified atom stereocenters. The molecule has 0 saturated heterocycles. The third-order valence-electron chi connectivity index (χ3n) is 4.62. The summed E-state index contributed by atoms with van der Waals surface area (Å²) < 4.78 is 10.7. The first kappa shape index (κ1) is 17.7. The summed E-state index contributed by atoms with van der Waals surface area (Å²) in [7, 11) is 3.58. The van der Waals surface area contributed by atoms with Gasteiger partial charge in [-0.05, 0) is 40.6 Å². The maximum absolute atomic E-state index is 5.65. The number of fused-ring (bicyclic) bond motifs is 3. The monoisotopic (exact) mass is 375 g/mol. The van der Waals surface area contributed by atoms with E-state index in [0.29, 0.717) is 0 Å². The van der Waals surface area contributed by atoms with Crippen LogP contribution in [0.4, 0.5) is 5.69 Å². The largest absolute Gasteiger partial charge is 0.468 e. The van der Waals surface area contributed by atoms with Gasteiger partial charge in [0.15, 0.2) is 6.79 Å². The molecular weight excluding hydrogens is 354 g/mol. The van der Waals surface area contributed by atoms with Crippen molar-refractivity contribution in [2.75, 3.05) is 26.3 Å². The molecule has 0 radical (unpaired) electrons. The molecule has 136 valence electrons. The van der Waals surface area contributed by atoms with Crippen LogP contribution in [0.2, 0.25) is 0 Å². The fourth-order valence-electron chi connectivity index (χ4n) is 3.37. The summed E-state index contributed by atoms with van der Waals surface area (Å²) in [4.78, 5) is 2.43. The molecule has 0 aromatic heterocycles. The van der Waals surface area contributed by atoms with Crippen molar-refractivity contribution in [3.8, 4) is 16.9 Å². The minimum atomic E-state index is 0.237. The Morgan fingerprint density at radius 2 is 1.78 bits per heavy atom. The lowest BCUT2D eigenvalue weighted by Gasteiger charge is -2.22. The van der Waals surface area contributed by atoms with Crippen LogP contribution in [-0.2, 0) is 4.74 Å². The van der Waals surface area contributed by atoms with Crippen molar-refractivity contribution in [2.24, 2.45) is 0 Å². The second-order valence-corrected chi connectivity index (χ2v) is 7.33. The van der Waals surface area contributed by atoms with Crippen LogP contribution >= 0.6 is 11.8 Å². The summed E-state index contributed by atoms with van der Waals surface area (Å²) in [6.45, 7) is 4.54. The highest BCUT2D eigenvalue weighted by atomic mass is 32.2. The van der Waals surface area contributed by atoms with Crippen LogP contribution in [-0.4, -0.2) is 21.0 Å². The lowest BCUT2D eigenvalue weighted by atomic mass is 9.99. The molecule has 27 heavy (non-hydrogen) atoms. The number of anilines is 1. The fraction of sp³-hybridized carbons (Fsp3) is 0.130. The minimum absolute atomic E-state index is 0.237. The number of thioether (sulfide) groups is 1. The van der Waals surface area contributed by atoms with Gasteiger partial charge in [-0.1, -0.05) is 54.7 Å². The number of methoxy groups -OCH3 is 1. The van der Waals surface area contributed by atoms with Gasteiger partial charge in [-0.15, -0.1) is 0 Å². The molecule has 3 aromatic rings. The zero-order valence-electron chi connectivity index (χ0n) is 15.4. The number of para-hydroxylation sites is 1. The first-order valence-electron chi connectivity index (χ1n) is 8.76. The van der Waals surface area contributed by atoms with Crippen molar-refractivity contribution >= 4 is 28.9 Å². The highest BCUT2D eigenvalue weighted by Gasteiger charge is 2.21. The van der Waals surface area contributed by atoms with Crippen LogP contribution in [0.1, 0.15) is 5.56 Å². The van der Waals surface area contributed by atoms with Crippen LogP contribution in [0.15, 0.2) is 65.6 Å². The van der Waals surface area contributed by atoms with E-state index >= 15 is 0 Å². The van der Waals surface area contributed by atoms with Gasteiger partial charge >= 0.3 is 0 Å². The molecule has 0 bridgehead atoms. The van der Waals surface area contributed by atoms with Gasteiger partial charge in [0.05, 0.1) is 0 Å². The molecule has 1 heterocycles. The topological polar surface area (TPSA) is 30.5 Å². The predicted octanol–water partition coefficient (Wildman–Crippen LogP) is 4.05. The van der Waals surface area contributed by atoms with Crippen molar-refractivity contribution in [2.45, 2.75) is 4.90 Å². The third-order valence-corrected chi connectivity index (χ3v) is 5.82. The Morgan fingerprint density at radius 1 is 0.963 bits per heavy atom.